The fourth-order valence-corrected chi connectivity index (χ4v) is 5.55. The van der Waals surface area contributed by atoms with Crippen molar-refractivity contribution in [3.63, 3.8) is 0 Å². The molecule has 4 rings (SSSR count). The van der Waals surface area contributed by atoms with Crippen LogP contribution in [0.15, 0.2) is 54.6 Å². The number of fused-ring (bicyclic) bond motifs is 1. The zero-order valence-electron chi connectivity index (χ0n) is 29.8. The molecule has 0 saturated heterocycles. The first kappa shape index (κ1) is 39.1. The van der Waals surface area contributed by atoms with Gasteiger partial charge in [0.25, 0.3) is 0 Å². The van der Waals surface area contributed by atoms with Crippen LogP contribution in [0.25, 0.3) is 11.4 Å². The summed E-state index contributed by atoms with van der Waals surface area (Å²) in [5, 5.41) is 18.1. The third-order valence-corrected chi connectivity index (χ3v) is 8.17. The van der Waals surface area contributed by atoms with Gasteiger partial charge in [-0.3, -0.25) is 28.8 Å². The van der Waals surface area contributed by atoms with Gasteiger partial charge >= 0.3 is 0 Å². The van der Waals surface area contributed by atoms with E-state index >= 15 is 0 Å². The highest BCUT2D eigenvalue weighted by molar-refractivity contribution is 5.95. The Bertz CT molecular complexity index is 1750. The molecule has 3 atom stereocenters. The van der Waals surface area contributed by atoms with Crippen LogP contribution in [0.2, 0.25) is 0 Å². The number of carbonyl (C=O) groups excluding carboxylic acids is 6. The number of nitrogens with one attached hydrogen (secondary N) is 5. The Kier molecular flexibility index (Phi) is 13.9. The standard InChI is InChI=1S/C36H46FN9O6/c1-22(2)18-28-36(52)40-23(3)34-43-33(25-10-6-5-7-11-25)44-46(34)21-30(48)38-16-9-17-45(20-31(49)39-24(4)35(51)42-28)32(50)15-14-29(47)41-27-13-8-12-26(37)19-27/h5-8,10-13,19,22-24,28H,9,14-18,20-21H2,1-4H3,(H,38,48)(H,39,49)(H,40,52)(H,41,47)(H,42,51)/t23-,24+,28+/m0/s1. The normalized spacial score (nSPS) is 19.6. The van der Waals surface area contributed by atoms with E-state index in [0.717, 1.165) is 6.07 Å². The van der Waals surface area contributed by atoms with Gasteiger partial charge in [0.05, 0.1) is 12.6 Å². The van der Waals surface area contributed by atoms with Crippen molar-refractivity contribution >= 4 is 41.1 Å². The predicted octanol–water partition coefficient (Wildman–Crippen LogP) is 2.06. The molecule has 15 nitrogen and oxygen atoms in total. The number of amides is 6. The summed E-state index contributed by atoms with van der Waals surface area (Å²) in [5.74, 6) is -2.96. The van der Waals surface area contributed by atoms with Gasteiger partial charge in [-0.05, 0) is 50.8 Å². The first-order valence-corrected chi connectivity index (χ1v) is 17.3. The number of aromatic nitrogens is 3. The Morgan fingerprint density at radius 1 is 0.904 bits per heavy atom. The zero-order valence-corrected chi connectivity index (χ0v) is 29.8. The summed E-state index contributed by atoms with van der Waals surface area (Å²) in [6.07, 6.45) is 0.0786. The summed E-state index contributed by atoms with van der Waals surface area (Å²) in [6.45, 7) is 6.54. The number of rotatable bonds is 7. The molecule has 1 aliphatic rings. The molecule has 1 aromatic heterocycles. The minimum Gasteiger partial charge on any atom is -0.354 e. The number of nitrogens with zero attached hydrogens (tertiary/aromatic N) is 4. The highest BCUT2D eigenvalue weighted by atomic mass is 19.1. The topological polar surface area (TPSA) is 197 Å². The molecule has 0 bridgehead atoms. The van der Waals surface area contributed by atoms with Crippen LogP contribution < -0.4 is 26.6 Å². The van der Waals surface area contributed by atoms with Gasteiger partial charge in [-0.25, -0.2) is 14.1 Å². The fraction of sp³-hybridized carbons (Fsp3) is 0.444. The molecule has 0 spiro atoms. The molecule has 0 radical (unpaired) electrons. The van der Waals surface area contributed by atoms with E-state index in [9.17, 15) is 33.2 Å². The molecular formula is C36H46FN9O6. The molecular weight excluding hydrogens is 673 g/mol. The van der Waals surface area contributed by atoms with Crippen LogP contribution in [0.5, 0.6) is 0 Å². The van der Waals surface area contributed by atoms with E-state index < -0.39 is 65.9 Å². The smallest absolute Gasteiger partial charge is 0.243 e. The minimum atomic E-state index is -1.06. The van der Waals surface area contributed by atoms with Crippen molar-refractivity contribution in [2.24, 2.45) is 5.92 Å². The Labute approximate surface area is 301 Å². The van der Waals surface area contributed by atoms with Gasteiger partial charge in [0.2, 0.25) is 35.4 Å². The van der Waals surface area contributed by atoms with Gasteiger partial charge in [0.15, 0.2) is 5.82 Å². The zero-order chi connectivity index (χ0) is 37.8. The molecule has 52 heavy (non-hydrogen) atoms. The lowest BCUT2D eigenvalue weighted by Crippen LogP contribution is -2.54. The molecule has 0 saturated carbocycles. The quantitative estimate of drug-likeness (QED) is 0.245. The monoisotopic (exact) mass is 719 g/mol. The van der Waals surface area contributed by atoms with Crippen molar-refractivity contribution in [1.82, 2.24) is 40.9 Å². The Morgan fingerprint density at radius 3 is 2.37 bits per heavy atom. The molecule has 0 aliphatic carbocycles. The number of benzene rings is 2. The highest BCUT2D eigenvalue weighted by Crippen LogP contribution is 2.20. The average Bonchev–Trinajstić information content (AvgIpc) is 3.51. The molecule has 16 heteroatoms. The number of carbonyl (C=O) groups is 6. The molecule has 278 valence electrons. The van der Waals surface area contributed by atoms with Crippen LogP contribution in [0.1, 0.15) is 65.2 Å². The van der Waals surface area contributed by atoms with Gasteiger partial charge in [-0.1, -0.05) is 50.2 Å². The molecule has 1 aliphatic heterocycles. The Hall–Kier alpha value is -5.67. The van der Waals surface area contributed by atoms with E-state index in [0.29, 0.717) is 23.6 Å². The SMILES string of the molecule is CC(C)C[C@H]1NC(=O)[C@@H](C)NC(=O)CN(C(=O)CCC(=O)Nc2cccc(F)c2)CCCNC(=O)Cn2nc(-c3ccccc3)nc2[C@H](C)NC1=O. The van der Waals surface area contributed by atoms with Gasteiger partial charge < -0.3 is 31.5 Å². The second-order valence-corrected chi connectivity index (χ2v) is 13.1. The summed E-state index contributed by atoms with van der Waals surface area (Å²) >= 11 is 0. The van der Waals surface area contributed by atoms with E-state index in [-0.39, 0.29) is 50.5 Å². The number of halogens is 1. The number of hydrogen-bond acceptors (Lipinski definition) is 8. The summed E-state index contributed by atoms with van der Waals surface area (Å²) in [4.78, 5) is 84.7. The van der Waals surface area contributed by atoms with Crippen molar-refractivity contribution in [2.45, 2.75) is 78.0 Å². The lowest BCUT2D eigenvalue weighted by Gasteiger charge is -2.25. The summed E-state index contributed by atoms with van der Waals surface area (Å²) in [6, 6.07) is 11.8. The predicted molar refractivity (Wildman–Crippen MR) is 189 cm³/mol. The Morgan fingerprint density at radius 2 is 1.65 bits per heavy atom. The maximum atomic E-state index is 13.6. The second kappa shape index (κ2) is 18.5. The molecule has 3 aromatic rings. The number of hydrogen-bond donors (Lipinski definition) is 5. The van der Waals surface area contributed by atoms with Crippen molar-refractivity contribution in [3.05, 3.63) is 66.2 Å². The van der Waals surface area contributed by atoms with E-state index in [1.54, 1.807) is 6.92 Å². The van der Waals surface area contributed by atoms with Gasteiger partial charge in [0, 0.05) is 37.2 Å². The van der Waals surface area contributed by atoms with Crippen LogP contribution in [-0.4, -0.2) is 86.8 Å². The number of anilines is 1. The van der Waals surface area contributed by atoms with Crippen LogP contribution in [0.3, 0.4) is 0 Å². The lowest BCUT2D eigenvalue weighted by molar-refractivity contribution is -0.138. The van der Waals surface area contributed by atoms with Crippen LogP contribution in [0.4, 0.5) is 10.1 Å². The van der Waals surface area contributed by atoms with Crippen LogP contribution in [0, 0.1) is 11.7 Å². The summed E-state index contributed by atoms with van der Waals surface area (Å²) in [5.41, 5.74) is 0.956. The van der Waals surface area contributed by atoms with E-state index in [1.165, 1.54) is 34.7 Å². The van der Waals surface area contributed by atoms with Crippen molar-refractivity contribution in [2.75, 3.05) is 25.0 Å². The molecule has 0 unspecified atom stereocenters. The van der Waals surface area contributed by atoms with Crippen molar-refractivity contribution < 1.29 is 33.2 Å². The average molecular weight is 720 g/mol. The third-order valence-electron chi connectivity index (χ3n) is 8.17. The fourth-order valence-electron chi connectivity index (χ4n) is 5.55. The summed E-state index contributed by atoms with van der Waals surface area (Å²) in [7, 11) is 0. The molecule has 2 heterocycles. The minimum absolute atomic E-state index is 0.0189. The van der Waals surface area contributed by atoms with Gasteiger partial charge in [-0.15, -0.1) is 0 Å². The summed E-state index contributed by atoms with van der Waals surface area (Å²) < 4.78 is 14.9. The lowest BCUT2D eigenvalue weighted by atomic mass is 10.0. The van der Waals surface area contributed by atoms with Crippen LogP contribution >= 0.6 is 0 Å². The van der Waals surface area contributed by atoms with Gasteiger partial charge in [0.1, 0.15) is 30.3 Å². The third kappa shape index (κ3) is 11.7. The highest BCUT2D eigenvalue weighted by Gasteiger charge is 2.29. The second-order valence-electron chi connectivity index (χ2n) is 13.1. The maximum absolute atomic E-state index is 13.6. The van der Waals surface area contributed by atoms with Crippen molar-refractivity contribution in [1.29, 1.82) is 0 Å². The van der Waals surface area contributed by atoms with E-state index in [4.69, 9.17) is 0 Å². The Balaban J connectivity index is 1.54. The van der Waals surface area contributed by atoms with Gasteiger partial charge in [-0.2, -0.15) is 5.10 Å². The largest absolute Gasteiger partial charge is 0.354 e. The van der Waals surface area contributed by atoms with Crippen LogP contribution in [-0.2, 0) is 35.3 Å². The molecule has 5 N–H and O–H groups in total. The maximum Gasteiger partial charge on any atom is 0.243 e. The van der Waals surface area contributed by atoms with E-state index in [2.05, 4.69) is 36.7 Å². The molecule has 0 fully saturated rings. The first-order chi connectivity index (χ1) is 24.8. The van der Waals surface area contributed by atoms with Crippen molar-refractivity contribution in [3.8, 4) is 11.4 Å². The first-order valence-electron chi connectivity index (χ1n) is 17.3. The molecule has 6 amide bonds. The van der Waals surface area contributed by atoms with E-state index in [1.807, 2.05) is 44.2 Å². The molecule has 2 aromatic carbocycles.